The summed E-state index contributed by atoms with van der Waals surface area (Å²) in [6, 6.07) is 0. The maximum Gasteiger partial charge on any atom is 0.238 e. The first kappa shape index (κ1) is 25.1. The highest BCUT2D eigenvalue weighted by Crippen LogP contribution is 2.38. The van der Waals surface area contributed by atoms with Crippen LogP contribution in [0.25, 0.3) is 0 Å². The molecule has 1 amide bonds. The quantitative estimate of drug-likeness (QED) is 0.416. The van der Waals surface area contributed by atoms with Gasteiger partial charge in [0.1, 0.15) is 4.87 Å². The van der Waals surface area contributed by atoms with Crippen molar-refractivity contribution in [1.29, 1.82) is 0 Å². The number of primary amides is 1. The van der Waals surface area contributed by atoms with Gasteiger partial charge in [-0.2, -0.15) is 0 Å². The Hall–Kier alpha value is 0.114. The molecule has 0 aliphatic heterocycles. The van der Waals surface area contributed by atoms with Gasteiger partial charge < -0.3 is 14.6 Å². The fourth-order valence-corrected chi connectivity index (χ4v) is 3.99. The molecule has 0 bridgehead atoms. The molecular weight excluding hydrogens is 370 g/mol. The Balaban J connectivity index is 4.75. The van der Waals surface area contributed by atoms with Gasteiger partial charge in [-0.05, 0) is 49.1 Å². The van der Waals surface area contributed by atoms with Crippen LogP contribution in [0.1, 0.15) is 54.4 Å². The van der Waals surface area contributed by atoms with Crippen LogP contribution >= 0.6 is 11.6 Å². The zero-order valence-electron chi connectivity index (χ0n) is 18.0. The Morgan fingerprint density at radius 1 is 0.840 bits per heavy atom. The zero-order chi connectivity index (χ0) is 20.3. The van der Waals surface area contributed by atoms with Gasteiger partial charge in [0.2, 0.25) is 5.91 Å². The van der Waals surface area contributed by atoms with Gasteiger partial charge in [-0.25, -0.2) is 0 Å². The molecule has 0 heterocycles. The lowest BCUT2D eigenvalue weighted by molar-refractivity contribution is -0.121. The number of halogens is 1. The lowest BCUT2D eigenvalue weighted by Crippen LogP contribution is -2.46. The van der Waals surface area contributed by atoms with Crippen molar-refractivity contribution in [1.82, 2.24) is 0 Å². The molecule has 7 heteroatoms. The average molecular weight is 410 g/mol. The molecule has 0 aliphatic rings. The Kier molecular flexibility index (Phi) is 8.46. The van der Waals surface area contributed by atoms with Crippen molar-refractivity contribution in [3.63, 3.8) is 0 Å². The third-order valence-corrected chi connectivity index (χ3v) is 15.6. The summed E-state index contributed by atoms with van der Waals surface area (Å²) in [5.41, 5.74) is 5.58. The summed E-state index contributed by atoms with van der Waals surface area (Å²) in [7, 11) is -3.72. The summed E-state index contributed by atoms with van der Waals surface area (Å²) in [6.45, 7) is 22.8. The standard InChI is InChI=1S/C18H40ClNO3Si2/c1-16(2,3)24(7,8)22-13-11-18(19,15(20)21)12-14-23-25(9,10)17(4,5)6/h11-14H2,1-10H3,(H2,20,21). The van der Waals surface area contributed by atoms with Gasteiger partial charge in [0, 0.05) is 13.2 Å². The Morgan fingerprint density at radius 3 is 1.32 bits per heavy atom. The van der Waals surface area contributed by atoms with Crippen molar-refractivity contribution >= 4 is 34.1 Å². The molecule has 0 spiro atoms. The molecule has 25 heavy (non-hydrogen) atoms. The molecule has 0 aromatic carbocycles. The molecule has 150 valence electrons. The minimum absolute atomic E-state index is 0.125. The van der Waals surface area contributed by atoms with Crippen molar-refractivity contribution in [2.24, 2.45) is 5.73 Å². The maximum absolute atomic E-state index is 11.9. The monoisotopic (exact) mass is 409 g/mol. The van der Waals surface area contributed by atoms with E-state index >= 15 is 0 Å². The van der Waals surface area contributed by atoms with Crippen LogP contribution in [0.15, 0.2) is 0 Å². The van der Waals surface area contributed by atoms with E-state index in [9.17, 15) is 4.79 Å². The molecule has 0 atom stereocenters. The summed E-state index contributed by atoms with van der Waals surface area (Å²) < 4.78 is 12.3. The summed E-state index contributed by atoms with van der Waals surface area (Å²) in [6.07, 6.45) is 0.828. The molecule has 2 N–H and O–H groups in total. The highest BCUT2D eigenvalue weighted by Gasteiger charge is 2.41. The first-order valence-corrected chi connectivity index (χ1v) is 15.3. The normalized spacial score (nSPS) is 14.7. The van der Waals surface area contributed by atoms with E-state index in [1.54, 1.807) is 0 Å². The Labute approximate surface area is 162 Å². The van der Waals surface area contributed by atoms with Crippen LogP contribution in [0.3, 0.4) is 0 Å². The number of carbonyl (C=O) groups excluding carboxylic acids is 1. The fourth-order valence-electron chi connectivity index (χ4n) is 1.74. The first-order valence-electron chi connectivity index (χ1n) is 9.12. The molecule has 0 saturated carbocycles. The minimum atomic E-state index is -1.86. The van der Waals surface area contributed by atoms with Gasteiger partial charge in [0.05, 0.1) is 0 Å². The number of carbonyl (C=O) groups is 1. The van der Waals surface area contributed by atoms with Crippen molar-refractivity contribution in [2.45, 2.75) is 95.5 Å². The van der Waals surface area contributed by atoms with E-state index in [2.05, 4.69) is 67.7 Å². The molecule has 0 unspecified atom stereocenters. The highest BCUT2D eigenvalue weighted by atomic mass is 35.5. The van der Waals surface area contributed by atoms with E-state index in [1.807, 2.05) is 0 Å². The van der Waals surface area contributed by atoms with Gasteiger partial charge in [-0.3, -0.25) is 4.79 Å². The van der Waals surface area contributed by atoms with E-state index in [-0.39, 0.29) is 10.1 Å². The topological polar surface area (TPSA) is 61.6 Å². The number of hydrogen-bond acceptors (Lipinski definition) is 3. The van der Waals surface area contributed by atoms with Crippen LogP contribution in [-0.2, 0) is 13.6 Å². The minimum Gasteiger partial charge on any atom is -0.417 e. The van der Waals surface area contributed by atoms with E-state index < -0.39 is 27.4 Å². The van der Waals surface area contributed by atoms with Gasteiger partial charge in [0.15, 0.2) is 16.6 Å². The van der Waals surface area contributed by atoms with Crippen LogP contribution in [0, 0.1) is 0 Å². The van der Waals surface area contributed by atoms with Gasteiger partial charge in [-0.1, -0.05) is 41.5 Å². The molecule has 0 radical (unpaired) electrons. The first-order chi connectivity index (χ1) is 10.9. The second-order valence-corrected chi connectivity index (χ2v) is 20.4. The Bertz CT molecular complexity index is 422. The van der Waals surface area contributed by atoms with E-state index in [0.29, 0.717) is 26.1 Å². The van der Waals surface area contributed by atoms with Crippen molar-refractivity contribution in [3.8, 4) is 0 Å². The molecule has 0 aromatic heterocycles. The number of rotatable bonds is 9. The van der Waals surface area contributed by atoms with Crippen molar-refractivity contribution < 1.29 is 13.6 Å². The number of amides is 1. The number of nitrogens with two attached hydrogens (primary N) is 1. The fraction of sp³-hybridized carbons (Fsp3) is 0.944. The van der Waals surface area contributed by atoms with Crippen LogP contribution in [-0.4, -0.2) is 40.6 Å². The van der Waals surface area contributed by atoms with Crippen LogP contribution < -0.4 is 5.73 Å². The third kappa shape index (κ3) is 7.33. The van der Waals surface area contributed by atoms with Crippen molar-refractivity contribution in [3.05, 3.63) is 0 Å². The molecule has 4 nitrogen and oxygen atoms in total. The number of hydrogen-bond donors (Lipinski definition) is 1. The Morgan fingerprint density at radius 2 is 1.12 bits per heavy atom. The molecule has 0 fully saturated rings. The summed E-state index contributed by atoms with van der Waals surface area (Å²) >= 11 is 6.56. The molecule has 0 aromatic rings. The molecular formula is C18H40ClNO3Si2. The predicted octanol–water partition coefficient (Wildman–Crippen LogP) is 5.27. The predicted molar refractivity (Wildman–Crippen MR) is 113 cm³/mol. The lowest BCUT2D eigenvalue weighted by Gasteiger charge is -2.38. The third-order valence-electron chi connectivity index (χ3n) is 5.98. The van der Waals surface area contributed by atoms with E-state index in [1.165, 1.54) is 0 Å². The summed E-state index contributed by atoms with van der Waals surface area (Å²) in [4.78, 5) is 10.8. The van der Waals surface area contributed by atoms with Crippen LogP contribution in [0.5, 0.6) is 0 Å². The van der Waals surface area contributed by atoms with E-state index in [4.69, 9.17) is 26.2 Å². The van der Waals surface area contributed by atoms with Crippen molar-refractivity contribution in [2.75, 3.05) is 13.2 Å². The summed E-state index contributed by atoms with van der Waals surface area (Å²) in [5.74, 6) is -0.494. The second-order valence-electron chi connectivity index (χ2n) is 10.0. The number of alkyl halides is 1. The van der Waals surface area contributed by atoms with Gasteiger partial charge >= 0.3 is 0 Å². The molecule has 0 saturated heterocycles. The average Bonchev–Trinajstić information content (AvgIpc) is 2.35. The zero-order valence-corrected chi connectivity index (χ0v) is 20.8. The maximum atomic E-state index is 11.9. The van der Waals surface area contributed by atoms with Crippen LogP contribution in [0.4, 0.5) is 0 Å². The molecule has 0 aliphatic carbocycles. The largest absolute Gasteiger partial charge is 0.417 e. The van der Waals surface area contributed by atoms with Crippen LogP contribution in [0.2, 0.25) is 36.3 Å². The molecule has 0 rings (SSSR count). The SMILES string of the molecule is CC(C)(C)[Si](C)(C)OCCC(Cl)(CCO[Si](C)(C)C(C)(C)C)C(N)=O. The lowest BCUT2D eigenvalue weighted by atomic mass is 10.0. The second kappa shape index (κ2) is 8.42. The summed E-state index contributed by atoms with van der Waals surface area (Å²) in [5, 5.41) is 0.250. The van der Waals surface area contributed by atoms with Gasteiger partial charge in [-0.15, -0.1) is 11.6 Å². The van der Waals surface area contributed by atoms with E-state index in [0.717, 1.165) is 0 Å². The highest BCUT2D eigenvalue weighted by molar-refractivity contribution is 6.74. The smallest absolute Gasteiger partial charge is 0.238 e. The van der Waals surface area contributed by atoms with Gasteiger partial charge in [0.25, 0.3) is 0 Å².